The van der Waals surface area contributed by atoms with Gasteiger partial charge in [0, 0.05) is 32.9 Å². The normalized spacial score (nSPS) is 15.7. The van der Waals surface area contributed by atoms with E-state index in [0.717, 1.165) is 40.7 Å². The summed E-state index contributed by atoms with van der Waals surface area (Å²) in [4.78, 5) is 31.5. The number of carbonyl (C=O) groups is 2. The highest BCUT2D eigenvalue weighted by Gasteiger charge is 2.46. The van der Waals surface area contributed by atoms with Crippen molar-refractivity contribution in [3.05, 3.63) is 104 Å². The van der Waals surface area contributed by atoms with Gasteiger partial charge >= 0.3 is 0 Å². The van der Waals surface area contributed by atoms with Crippen LogP contribution in [-0.4, -0.2) is 11.6 Å². The van der Waals surface area contributed by atoms with E-state index in [-0.39, 0.29) is 11.6 Å². The molecule has 3 aliphatic carbocycles. The van der Waals surface area contributed by atoms with Gasteiger partial charge in [-0.2, -0.15) is 0 Å². The second-order valence-electron chi connectivity index (χ2n) is 16.9. The molecule has 2 aromatic carbocycles. The Bertz CT molecular complexity index is 2020. The van der Waals surface area contributed by atoms with Gasteiger partial charge in [0.2, 0.25) is 0 Å². The van der Waals surface area contributed by atoms with Gasteiger partial charge in [-0.05, 0) is 111 Å². The molecule has 2 aromatic heterocycles. The molecular formula is C52H64O2S2. The van der Waals surface area contributed by atoms with E-state index in [1.54, 1.807) is 22.7 Å². The standard InChI is InChI=1S/C52H64O2S2/c1-3-5-7-9-11-13-15-17-19-21-23-37-29-31-55-51(37)41-27-25-39-33-45-47(43(39)35-41)49(53)46-34-40-26-28-42(36-44(40)48(46)50(45)54)52-38(30-32-56-52)24-22-20-18-16-14-12-10-8-6-4-2/h25-33,35-36,47H,3-24,34H2,1-2H3. The Kier molecular flexibility index (Phi) is 14.9. The third-order valence-electron chi connectivity index (χ3n) is 12.7. The smallest absolute Gasteiger partial charge is 0.191 e. The van der Waals surface area contributed by atoms with Crippen molar-refractivity contribution in [3.63, 3.8) is 0 Å². The highest BCUT2D eigenvalue weighted by Crippen LogP contribution is 2.51. The molecule has 1 unspecified atom stereocenters. The van der Waals surface area contributed by atoms with E-state index in [9.17, 15) is 9.59 Å². The molecule has 4 heteroatoms. The number of unbranched alkanes of at least 4 members (excludes halogenated alkanes) is 18. The first-order chi connectivity index (χ1) is 27.6. The van der Waals surface area contributed by atoms with Crippen molar-refractivity contribution < 1.29 is 9.59 Å². The van der Waals surface area contributed by atoms with E-state index in [0.29, 0.717) is 17.6 Å². The Morgan fingerprint density at radius 2 is 1.07 bits per heavy atom. The maximum atomic E-state index is 14.4. The molecule has 0 amide bonds. The third kappa shape index (κ3) is 9.50. The number of allylic oxidation sites excluding steroid dienone is 3. The molecule has 0 bridgehead atoms. The molecule has 0 N–H and O–H groups in total. The van der Waals surface area contributed by atoms with Crippen LogP contribution in [0.5, 0.6) is 0 Å². The minimum absolute atomic E-state index is 0.0489. The summed E-state index contributed by atoms with van der Waals surface area (Å²) in [5.74, 6) is -0.317. The average molecular weight is 785 g/mol. The zero-order valence-electron chi connectivity index (χ0n) is 34.3. The number of ketones is 2. The number of hydrogen-bond acceptors (Lipinski definition) is 4. The van der Waals surface area contributed by atoms with Crippen molar-refractivity contribution in [2.24, 2.45) is 0 Å². The van der Waals surface area contributed by atoms with E-state index in [2.05, 4.69) is 73.1 Å². The van der Waals surface area contributed by atoms with E-state index in [1.165, 1.54) is 160 Å². The summed E-state index contributed by atoms with van der Waals surface area (Å²) in [6.45, 7) is 4.57. The number of benzene rings is 2. The fraction of sp³-hybridized carbons (Fsp3) is 0.500. The largest absolute Gasteiger partial charge is 0.293 e. The SMILES string of the molecule is CCCCCCCCCCCCc1ccsc1-c1ccc2c(c1)C1=C(C2)C(=O)C2C(=Cc3ccc(-c4sccc4CCCCCCCCCCCC)cc32)C1=O. The Morgan fingerprint density at radius 3 is 1.62 bits per heavy atom. The number of thiophene rings is 2. The molecule has 296 valence electrons. The van der Waals surface area contributed by atoms with Gasteiger partial charge in [0.1, 0.15) is 0 Å². The van der Waals surface area contributed by atoms with Crippen LogP contribution in [0.25, 0.3) is 32.5 Å². The summed E-state index contributed by atoms with van der Waals surface area (Å²) in [6, 6.07) is 17.8. The molecular weight excluding hydrogens is 721 g/mol. The Labute approximate surface area is 345 Å². The van der Waals surface area contributed by atoms with Crippen LogP contribution >= 0.6 is 22.7 Å². The first-order valence-corrected chi connectivity index (χ1v) is 24.3. The summed E-state index contributed by atoms with van der Waals surface area (Å²) in [6.07, 6.45) is 31.7. The van der Waals surface area contributed by atoms with Gasteiger partial charge in [0.15, 0.2) is 11.6 Å². The molecule has 56 heavy (non-hydrogen) atoms. The van der Waals surface area contributed by atoms with E-state index in [4.69, 9.17) is 0 Å². The summed E-state index contributed by atoms with van der Waals surface area (Å²) in [7, 11) is 0. The quantitative estimate of drug-likeness (QED) is 0.0663. The monoisotopic (exact) mass is 784 g/mol. The molecule has 4 aromatic rings. The van der Waals surface area contributed by atoms with Crippen LogP contribution in [0.4, 0.5) is 0 Å². The molecule has 3 aliphatic rings. The van der Waals surface area contributed by atoms with Crippen molar-refractivity contribution in [1.82, 2.24) is 0 Å². The molecule has 2 heterocycles. The number of carbonyl (C=O) groups excluding carboxylic acids is 2. The minimum Gasteiger partial charge on any atom is -0.293 e. The first kappa shape index (κ1) is 40.8. The molecule has 0 saturated carbocycles. The molecule has 7 rings (SSSR count). The molecule has 1 atom stereocenters. The molecule has 0 spiro atoms. The predicted molar refractivity (Wildman–Crippen MR) is 242 cm³/mol. The zero-order valence-corrected chi connectivity index (χ0v) is 36.0. The summed E-state index contributed by atoms with van der Waals surface area (Å²) < 4.78 is 0. The van der Waals surface area contributed by atoms with Gasteiger partial charge in [-0.25, -0.2) is 0 Å². The van der Waals surface area contributed by atoms with Crippen molar-refractivity contribution in [2.45, 2.75) is 167 Å². The van der Waals surface area contributed by atoms with Crippen LogP contribution in [0.1, 0.15) is 182 Å². The minimum atomic E-state index is -0.486. The van der Waals surface area contributed by atoms with E-state index < -0.39 is 5.92 Å². The Morgan fingerprint density at radius 1 is 0.571 bits per heavy atom. The Hall–Kier alpha value is -3.34. The van der Waals surface area contributed by atoms with E-state index >= 15 is 0 Å². The van der Waals surface area contributed by atoms with Gasteiger partial charge < -0.3 is 0 Å². The zero-order chi connectivity index (χ0) is 38.7. The van der Waals surface area contributed by atoms with Crippen molar-refractivity contribution >= 4 is 45.9 Å². The van der Waals surface area contributed by atoms with E-state index in [1.807, 2.05) is 6.08 Å². The van der Waals surface area contributed by atoms with Gasteiger partial charge in [0.25, 0.3) is 0 Å². The predicted octanol–water partition coefficient (Wildman–Crippen LogP) is 15.7. The maximum Gasteiger partial charge on any atom is 0.191 e. The number of fused-ring (bicyclic) bond motifs is 5. The van der Waals surface area contributed by atoms with Crippen LogP contribution in [0.2, 0.25) is 0 Å². The molecule has 0 radical (unpaired) electrons. The summed E-state index contributed by atoms with van der Waals surface area (Å²) in [5, 5.41) is 4.43. The van der Waals surface area contributed by atoms with Crippen LogP contribution in [0.15, 0.2) is 70.4 Å². The van der Waals surface area contributed by atoms with Gasteiger partial charge in [-0.3, -0.25) is 9.59 Å². The number of aryl methyl sites for hydroxylation is 2. The summed E-state index contributed by atoms with van der Waals surface area (Å²) >= 11 is 3.60. The van der Waals surface area contributed by atoms with Crippen LogP contribution in [0.3, 0.4) is 0 Å². The lowest BCUT2D eigenvalue weighted by molar-refractivity contribution is -0.119. The highest BCUT2D eigenvalue weighted by molar-refractivity contribution is 7.14. The van der Waals surface area contributed by atoms with Crippen molar-refractivity contribution in [2.75, 3.05) is 0 Å². The Balaban J connectivity index is 0.974. The summed E-state index contributed by atoms with van der Waals surface area (Å²) in [5.41, 5.74) is 11.3. The first-order valence-electron chi connectivity index (χ1n) is 22.5. The average Bonchev–Trinajstić information content (AvgIpc) is 4.03. The second kappa shape index (κ2) is 20.4. The lowest BCUT2D eigenvalue weighted by atomic mass is 9.77. The van der Waals surface area contributed by atoms with Gasteiger partial charge in [0.05, 0.1) is 5.92 Å². The highest BCUT2D eigenvalue weighted by atomic mass is 32.1. The van der Waals surface area contributed by atoms with Crippen molar-refractivity contribution in [3.8, 4) is 20.9 Å². The lowest BCUT2D eigenvalue weighted by Gasteiger charge is -2.22. The molecule has 0 aliphatic heterocycles. The topological polar surface area (TPSA) is 34.1 Å². The number of Topliss-reactive ketones (excluding diaryl/α,β-unsaturated/α-hetero) is 2. The van der Waals surface area contributed by atoms with Crippen LogP contribution in [0, 0.1) is 0 Å². The maximum absolute atomic E-state index is 14.4. The van der Waals surface area contributed by atoms with Gasteiger partial charge in [-0.1, -0.05) is 154 Å². The third-order valence-corrected chi connectivity index (χ3v) is 14.7. The fourth-order valence-corrected chi connectivity index (χ4v) is 11.4. The number of rotatable bonds is 24. The second-order valence-corrected chi connectivity index (χ2v) is 18.7. The number of hydrogen-bond donors (Lipinski definition) is 0. The molecule has 0 fully saturated rings. The van der Waals surface area contributed by atoms with Crippen molar-refractivity contribution in [1.29, 1.82) is 0 Å². The van der Waals surface area contributed by atoms with Crippen LogP contribution < -0.4 is 0 Å². The lowest BCUT2D eigenvalue weighted by Crippen LogP contribution is -2.26. The van der Waals surface area contributed by atoms with Gasteiger partial charge in [-0.15, -0.1) is 22.7 Å². The fourth-order valence-electron chi connectivity index (χ4n) is 9.51. The molecule has 2 nitrogen and oxygen atoms in total. The molecule has 0 saturated heterocycles. The van der Waals surface area contributed by atoms with Crippen LogP contribution in [-0.2, 0) is 28.9 Å².